The molecule has 0 unspecified atom stereocenters. The number of esters is 1. The lowest BCUT2D eigenvalue weighted by atomic mass is 10.1. The van der Waals surface area contributed by atoms with E-state index in [1.807, 2.05) is 0 Å². The van der Waals surface area contributed by atoms with Crippen LogP contribution in [0.3, 0.4) is 0 Å². The molecule has 0 saturated carbocycles. The number of aliphatic hydroxyl groups excluding tert-OH is 1. The van der Waals surface area contributed by atoms with Crippen LogP contribution in [0.1, 0.15) is 18.9 Å². The second-order valence-corrected chi connectivity index (χ2v) is 5.33. The SMILES string of the molecule is CCOC(=O)CCN(CCOCCO)C(=O)Cc1ccccc1[N+](=O)[O-]. The molecular weight excluding hydrogens is 344 g/mol. The molecule has 1 rings (SSSR count). The van der Waals surface area contributed by atoms with Crippen LogP contribution >= 0.6 is 0 Å². The predicted molar refractivity (Wildman–Crippen MR) is 92.5 cm³/mol. The Morgan fingerprint density at radius 2 is 1.96 bits per heavy atom. The van der Waals surface area contributed by atoms with E-state index in [-0.39, 0.29) is 64.0 Å². The monoisotopic (exact) mass is 368 g/mol. The van der Waals surface area contributed by atoms with E-state index in [0.29, 0.717) is 5.56 Å². The Morgan fingerprint density at radius 1 is 1.23 bits per heavy atom. The van der Waals surface area contributed by atoms with Crippen LogP contribution in [-0.4, -0.2) is 66.3 Å². The maximum absolute atomic E-state index is 12.6. The molecule has 0 aliphatic heterocycles. The van der Waals surface area contributed by atoms with E-state index in [4.69, 9.17) is 14.6 Å². The molecule has 144 valence electrons. The molecule has 0 aliphatic carbocycles. The van der Waals surface area contributed by atoms with Crippen LogP contribution in [0.25, 0.3) is 0 Å². The third kappa shape index (κ3) is 7.58. The van der Waals surface area contributed by atoms with Gasteiger partial charge in [0.25, 0.3) is 5.69 Å². The van der Waals surface area contributed by atoms with Gasteiger partial charge in [-0.25, -0.2) is 0 Å². The number of para-hydroxylation sites is 1. The van der Waals surface area contributed by atoms with Crippen molar-refractivity contribution in [3.8, 4) is 0 Å². The van der Waals surface area contributed by atoms with Crippen molar-refractivity contribution in [2.24, 2.45) is 0 Å². The highest BCUT2D eigenvalue weighted by Crippen LogP contribution is 2.19. The first-order chi connectivity index (χ1) is 12.5. The van der Waals surface area contributed by atoms with Crippen molar-refractivity contribution in [3.63, 3.8) is 0 Å². The molecule has 0 heterocycles. The normalized spacial score (nSPS) is 10.4. The molecule has 9 nitrogen and oxygen atoms in total. The second kappa shape index (κ2) is 11.9. The van der Waals surface area contributed by atoms with Gasteiger partial charge in [-0.15, -0.1) is 0 Å². The molecule has 1 N–H and O–H groups in total. The molecule has 0 saturated heterocycles. The van der Waals surface area contributed by atoms with Crippen LogP contribution in [0.5, 0.6) is 0 Å². The van der Waals surface area contributed by atoms with Crippen molar-refractivity contribution in [3.05, 3.63) is 39.9 Å². The highest BCUT2D eigenvalue weighted by atomic mass is 16.6. The molecule has 0 radical (unpaired) electrons. The molecule has 0 atom stereocenters. The summed E-state index contributed by atoms with van der Waals surface area (Å²) in [7, 11) is 0. The fourth-order valence-corrected chi connectivity index (χ4v) is 2.28. The number of carbonyl (C=O) groups is 2. The quantitative estimate of drug-likeness (QED) is 0.252. The van der Waals surface area contributed by atoms with E-state index in [0.717, 1.165) is 0 Å². The average Bonchev–Trinajstić information content (AvgIpc) is 2.61. The summed E-state index contributed by atoms with van der Waals surface area (Å²) in [5.74, 6) is -0.775. The van der Waals surface area contributed by atoms with Gasteiger partial charge in [0.15, 0.2) is 0 Å². The number of nitrogens with zero attached hydrogens (tertiary/aromatic N) is 2. The van der Waals surface area contributed by atoms with E-state index >= 15 is 0 Å². The second-order valence-electron chi connectivity index (χ2n) is 5.33. The lowest BCUT2D eigenvalue weighted by molar-refractivity contribution is -0.385. The summed E-state index contributed by atoms with van der Waals surface area (Å²) in [5, 5.41) is 19.8. The zero-order chi connectivity index (χ0) is 19.4. The van der Waals surface area contributed by atoms with Crippen molar-refractivity contribution in [1.82, 2.24) is 4.90 Å². The number of amides is 1. The van der Waals surface area contributed by atoms with Crippen LogP contribution in [0.2, 0.25) is 0 Å². The number of benzene rings is 1. The van der Waals surface area contributed by atoms with Crippen LogP contribution in [-0.2, 0) is 25.5 Å². The fourth-order valence-electron chi connectivity index (χ4n) is 2.28. The highest BCUT2D eigenvalue weighted by Gasteiger charge is 2.20. The van der Waals surface area contributed by atoms with Crippen molar-refractivity contribution < 1.29 is 29.1 Å². The Hall–Kier alpha value is -2.52. The average molecular weight is 368 g/mol. The molecule has 1 aromatic carbocycles. The molecule has 0 aromatic heterocycles. The molecule has 0 spiro atoms. The number of hydrogen-bond donors (Lipinski definition) is 1. The number of carbonyl (C=O) groups excluding carboxylic acids is 2. The highest BCUT2D eigenvalue weighted by molar-refractivity contribution is 5.80. The van der Waals surface area contributed by atoms with Crippen LogP contribution in [0, 0.1) is 10.1 Å². The summed E-state index contributed by atoms with van der Waals surface area (Å²) in [5.41, 5.74) is 0.183. The molecule has 26 heavy (non-hydrogen) atoms. The first kappa shape index (κ1) is 21.5. The van der Waals surface area contributed by atoms with Gasteiger partial charge in [0, 0.05) is 24.7 Å². The maximum atomic E-state index is 12.6. The molecule has 1 aromatic rings. The smallest absolute Gasteiger partial charge is 0.307 e. The Kier molecular flexibility index (Phi) is 9.88. The molecule has 0 bridgehead atoms. The minimum atomic E-state index is -0.532. The largest absolute Gasteiger partial charge is 0.466 e. The first-order valence-electron chi connectivity index (χ1n) is 8.33. The van der Waals surface area contributed by atoms with Crippen molar-refractivity contribution in [2.45, 2.75) is 19.8 Å². The third-order valence-corrected chi connectivity index (χ3v) is 3.52. The lowest BCUT2D eigenvalue weighted by Crippen LogP contribution is -2.37. The Morgan fingerprint density at radius 3 is 2.62 bits per heavy atom. The summed E-state index contributed by atoms with van der Waals surface area (Å²) in [4.78, 5) is 36.1. The van der Waals surface area contributed by atoms with Gasteiger partial charge in [0.05, 0.1) is 44.2 Å². The molecular formula is C17H24N2O7. The number of aliphatic hydroxyl groups is 1. The van der Waals surface area contributed by atoms with Gasteiger partial charge >= 0.3 is 5.97 Å². The van der Waals surface area contributed by atoms with Gasteiger partial charge in [0.2, 0.25) is 5.91 Å². The number of ether oxygens (including phenoxy) is 2. The number of nitro benzene ring substituents is 1. The third-order valence-electron chi connectivity index (χ3n) is 3.52. The fraction of sp³-hybridized carbons (Fsp3) is 0.529. The van der Waals surface area contributed by atoms with Gasteiger partial charge in [-0.3, -0.25) is 19.7 Å². The van der Waals surface area contributed by atoms with Crippen molar-refractivity contribution in [2.75, 3.05) is 39.5 Å². The minimum Gasteiger partial charge on any atom is -0.466 e. The first-order valence-corrected chi connectivity index (χ1v) is 8.33. The van der Waals surface area contributed by atoms with Crippen LogP contribution in [0.4, 0.5) is 5.69 Å². The van der Waals surface area contributed by atoms with E-state index in [1.54, 1.807) is 13.0 Å². The van der Waals surface area contributed by atoms with Gasteiger partial charge < -0.3 is 19.5 Å². The van der Waals surface area contributed by atoms with E-state index in [1.165, 1.54) is 23.1 Å². The predicted octanol–water partition coefficient (Wildman–Crippen LogP) is 0.928. The van der Waals surface area contributed by atoms with E-state index in [2.05, 4.69) is 0 Å². The van der Waals surface area contributed by atoms with Gasteiger partial charge in [0.1, 0.15) is 0 Å². The molecule has 0 aliphatic rings. The Bertz CT molecular complexity index is 607. The topological polar surface area (TPSA) is 119 Å². The van der Waals surface area contributed by atoms with Crippen molar-refractivity contribution in [1.29, 1.82) is 0 Å². The van der Waals surface area contributed by atoms with Crippen LogP contribution in [0.15, 0.2) is 24.3 Å². The Labute approximate surface area is 151 Å². The summed E-state index contributed by atoms with van der Waals surface area (Å²) in [6, 6.07) is 6.04. The van der Waals surface area contributed by atoms with Gasteiger partial charge in [-0.1, -0.05) is 18.2 Å². The minimum absolute atomic E-state index is 0.0243. The zero-order valence-corrected chi connectivity index (χ0v) is 14.8. The molecule has 9 heteroatoms. The number of rotatable bonds is 12. The van der Waals surface area contributed by atoms with Crippen molar-refractivity contribution >= 4 is 17.6 Å². The zero-order valence-electron chi connectivity index (χ0n) is 14.8. The van der Waals surface area contributed by atoms with E-state index in [9.17, 15) is 19.7 Å². The molecule has 0 fully saturated rings. The summed E-state index contributed by atoms with van der Waals surface area (Å²) in [6.07, 6.45) is -0.129. The lowest BCUT2D eigenvalue weighted by Gasteiger charge is -2.22. The summed E-state index contributed by atoms with van der Waals surface area (Å²) < 4.78 is 10.0. The standard InChI is InChI=1S/C17H24N2O7/c1-2-26-17(22)7-8-18(9-11-25-12-10-20)16(21)13-14-5-3-4-6-15(14)19(23)24/h3-6,20H,2,7-13H2,1H3. The number of hydrogen-bond acceptors (Lipinski definition) is 7. The summed E-state index contributed by atoms with van der Waals surface area (Å²) >= 11 is 0. The maximum Gasteiger partial charge on any atom is 0.307 e. The van der Waals surface area contributed by atoms with E-state index < -0.39 is 10.9 Å². The van der Waals surface area contributed by atoms with Gasteiger partial charge in [-0.2, -0.15) is 0 Å². The van der Waals surface area contributed by atoms with Crippen LogP contribution < -0.4 is 0 Å². The van der Waals surface area contributed by atoms with Gasteiger partial charge in [-0.05, 0) is 6.92 Å². The summed E-state index contributed by atoms with van der Waals surface area (Å²) in [6.45, 7) is 2.48. The Balaban J connectivity index is 2.75. The molecule has 1 amide bonds. The number of nitro groups is 1.